The number of hydrogen-bond acceptors (Lipinski definition) is 9. The second-order valence-corrected chi connectivity index (χ2v) is 9.57. The van der Waals surface area contributed by atoms with Crippen LogP contribution >= 0.6 is 23.2 Å². The molecule has 0 aliphatic carbocycles. The lowest BCUT2D eigenvalue weighted by atomic mass is 9.77. The van der Waals surface area contributed by atoms with Crippen LogP contribution in [0.4, 0.5) is 0 Å². The van der Waals surface area contributed by atoms with E-state index in [-0.39, 0.29) is 11.6 Å². The van der Waals surface area contributed by atoms with E-state index in [0.717, 1.165) is 0 Å². The first-order valence-corrected chi connectivity index (χ1v) is 12.5. The van der Waals surface area contributed by atoms with Crippen molar-refractivity contribution in [2.24, 2.45) is 5.92 Å². The molecule has 204 valence electrons. The number of benzene rings is 2. The summed E-state index contributed by atoms with van der Waals surface area (Å²) in [6.07, 6.45) is -5.45. The highest BCUT2D eigenvalue weighted by Crippen LogP contribution is 2.48. The molecule has 0 N–H and O–H groups in total. The van der Waals surface area contributed by atoms with Gasteiger partial charge in [0.05, 0.1) is 12.0 Å². The quantitative estimate of drug-likeness (QED) is 0.328. The zero-order valence-corrected chi connectivity index (χ0v) is 22.7. The van der Waals surface area contributed by atoms with Crippen LogP contribution in [0.15, 0.2) is 48.5 Å². The molecule has 0 spiro atoms. The van der Waals surface area contributed by atoms with Gasteiger partial charge in [-0.1, -0.05) is 59.6 Å². The Balaban J connectivity index is 2.25. The van der Waals surface area contributed by atoms with E-state index in [1.165, 1.54) is 33.8 Å². The lowest BCUT2D eigenvalue weighted by molar-refractivity contribution is -0.250. The topological polar surface area (TPSA) is 114 Å². The third-order valence-corrected chi connectivity index (χ3v) is 6.40. The van der Waals surface area contributed by atoms with Crippen molar-refractivity contribution < 1.29 is 42.9 Å². The Morgan fingerprint density at radius 2 is 1.47 bits per heavy atom. The highest BCUT2D eigenvalue weighted by molar-refractivity contribution is 6.35. The number of carbonyl (C=O) groups excluding carboxylic acids is 4. The van der Waals surface area contributed by atoms with Crippen molar-refractivity contribution in [3.05, 3.63) is 69.7 Å². The van der Waals surface area contributed by atoms with Crippen LogP contribution in [-0.2, 0) is 42.9 Å². The van der Waals surface area contributed by atoms with Crippen LogP contribution in [0, 0.1) is 5.92 Å². The molecule has 2 aromatic carbocycles. The van der Waals surface area contributed by atoms with Gasteiger partial charge in [-0.25, -0.2) is 0 Å². The van der Waals surface area contributed by atoms with Crippen molar-refractivity contribution in [2.75, 3.05) is 6.61 Å². The van der Waals surface area contributed by atoms with Crippen molar-refractivity contribution in [1.29, 1.82) is 0 Å². The van der Waals surface area contributed by atoms with E-state index in [2.05, 4.69) is 0 Å². The summed E-state index contributed by atoms with van der Waals surface area (Å²) in [5.74, 6) is -3.54. The molecule has 6 atom stereocenters. The number of esters is 4. The van der Waals surface area contributed by atoms with Gasteiger partial charge in [-0.05, 0) is 17.7 Å². The molecule has 0 amide bonds. The Hall–Kier alpha value is -3.14. The summed E-state index contributed by atoms with van der Waals surface area (Å²) in [5.41, 5.74) is 1.02. The monoisotopic (exact) mass is 566 g/mol. The Bertz CT molecular complexity index is 1170. The lowest BCUT2D eigenvalue weighted by Gasteiger charge is -2.47. The van der Waals surface area contributed by atoms with Gasteiger partial charge in [0.2, 0.25) is 0 Å². The van der Waals surface area contributed by atoms with Gasteiger partial charge >= 0.3 is 23.9 Å². The number of carbonyl (C=O) groups is 4. The summed E-state index contributed by atoms with van der Waals surface area (Å²) in [6.45, 7) is 4.55. The number of hydrogen-bond donors (Lipinski definition) is 0. The van der Waals surface area contributed by atoms with E-state index >= 15 is 0 Å². The summed E-state index contributed by atoms with van der Waals surface area (Å²) in [6, 6.07) is 13.6. The molecule has 11 heteroatoms. The van der Waals surface area contributed by atoms with Crippen molar-refractivity contribution in [3.63, 3.8) is 0 Å². The van der Waals surface area contributed by atoms with Gasteiger partial charge in [-0.15, -0.1) is 0 Å². The Morgan fingerprint density at radius 3 is 2.03 bits per heavy atom. The average Bonchev–Trinajstić information content (AvgIpc) is 2.82. The maximum Gasteiger partial charge on any atom is 0.303 e. The number of rotatable bonds is 8. The third-order valence-electron chi connectivity index (χ3n) is 5.84. The van der Waals surface area contributed by atoms with Crippen LogP contribution in [0.1, 0.15) is 51.0 Å². The van der Waals surface area contributed by atoms with E-state index in [1.807, 2.05) is 6.07 Å². The van der Waals surface area contributed by atoms with E-state index < -0.39 is 60.3 Å². The Morgan fingerprint density at radius 1 is 0.842 bits per heavy atom. The Labute approximate surface area is 230 Å². The van der Waals surface area contributed by atoms with Gasteiger partial charge < -0.3 is 23.7 Å². The second kappa shape index (κ2) is 13.1. The van der Waals surface area contributed by atoms with E-state index in [0.29, 0.717) is 16.1 Å². The van der Waals surface area contributed by atoms with Crippen LogP contribution in [0.2, 0.25) is 10.0 Å². The van der Waals surface area contributed by atoms with Gasteiger partial charge in [-0.2, -0.15) is 0 Å². The van der Waals surface area contributed by atoms with Gasteiger partial charge in [0, 0.05) is 43.3 Å². The second-order valence-electron chi connectivity index (χ2n) is 8.73. The minimum atomic E-state index is -1.22. The lowest BCUT2D eigenvalue weighted by Crippen LogP contribution is -2.57. The molecule has 1 aliphatic heterocycles. The zero-order valence-electron chi connectivity index (χ0n) is 21.2. The first-order chi connectivity index (χ1) is 18.0. The molecule has 0 aromatic heterocycles. The molecule has 2 aromatic rings. The predicted octanol–water partition coefficient (Wildman–Crippen LogP) is 4.78. The molecule has 0 unspecified atom stereocenters. The molecule has 38 heavy (non-hydrogen) atoms. The maximum atomic E-state index is 12.4. The largest absolute Gasteiger partial charge is 0.463 e. The molecule has 1 heterocycles. The molecule has 0 bridgehead atoms. The van der Waals surface area contributed by atoms with Crippen LogP contribution < -0.4 is 0 Å². The summed E-state index contributed by atoms with van der Waals surface area (Å²) in [4.78, 5) is 48.5. The van der Waals surface area contributed by atoms with Crippen molar-refractivity contribution in [2.45, 2.75) is 58.2 Å². The van der Waals surface area contributed by atoms with Crippen LogP contribution in [0.25, 0.3) is 0 Å². The molecule has 1 fully saturated rings. The summed E-state index contributed by atoms with van der Waals surface area (Å²) in [5, 5.41) is 0.554. The smallest absolute Gasteiger partial charge is 0.303 e. The van der Waals surface area contributed by atoms with Crippen LogP contribution in [0.3, 0.4) is 0 Å². The van der Waals surface area contributed by atoms with Gasteiger partial charge in [0.25, 0.3) is 0 Å². The maximum absolute atomic E-state index is 12.4. The summed E-state index contributed by atoms with van der Waals surface area (Å²) in [7, 11) is 0. The SMILES string of the molecule is CC(=O)OC[C@@H]1O[C@H](c2ccccc2)[C@@H]([C@@H](OC(C)=O)c2ccc(Cl)cc2Cl)[C@@H](OC(C)=O)[C@@H]1OC(C)=O. The minimum Gasteiger partial charge on any atom is -0.463 e. The fourth-order valence-corrected chi connectivity index (χ4v) is 5.02. The van der Waals surface area contributed by atoms with E-state index in [1.54, 1.807) is 36.4 Å². The molecule has 0 radical (unpaired) electrons. The molecule has 1 saturated heterocycles. The first kappa shape index (κ1) is 29.4. The number of halogens is 2. The average molecular weight is 567 g/mol. The number of ether oxygens (including phenoxy) is 5. The molecule has 3 rings (SSSR count). The summed E-state index contributed by atoms with van der Waals surface area (Å²) >= 11 is 12.7. The van der Waals surface area contributed by atoms with Crippen molar-refractivity contribution in [3.8, 4) is 0 Å². The highest BCUT2D eigenvalue weighted by atomic mass is 35.5. The van der Waals surface area contributed by atoms with Gasteiger partial charge in [0.15, 0.2) is 12.2 Å². The molecule has 1 aliphatic rings. The highest BCUT2D eigenvalue weighted by Gasteiger charge is 2.54. The molecule has 0 saturated carbocycles. The van der Waals surface area contributed by atoms with Crippen molar-refractivity contribution in [1.82, 2.24) is 0 Å². The van der Waals surface area contributed by atoms with Crippen molar-refractivity contribution >= 4 is 47.1 Å². The normalized spacial score (nSPS) is 23.6. The molecular weight excluding hydrogens is 539 g/mol. The standard InChI is InChI=1S/C27H28Cl2O9/c1-14(30)34-13-22-26(36-16(3)32)27(37-17(4)33)23(24(38-22)18-8-6-5-7-9-18)25(35-15(2)31)20-11-10-19(28)12-21(20)29/h5-12,22-27H,13H2,1-4H3/t22-,23-,24+,25-,26+,27+/m0/s1. The van der Waals surface area contributed by atoms with E-state index in [4.69, 9.17) is 46.9 Å². The minimum absolute atomic E-state index is 0.197. The predicted molar refractivity (Wildman–Crippen MR) is 136 cm³/mol. The third kappa shape index (κ3) is 7.46. The fourth-order valence-electron chi connectivity index (χ4n) is 4.50. The molecule has 9 nitrogen and oxygen atoms in total. The molecular formula is C27H28Cl2O9. The Kier molecular flexibility index (Phi) is 10.1. The van der Waals surface area contributed by atoms with Gasteiger partial charge in [0.1, 0.15) is 18.8 Å². The first-order valence-electron chi connectivity index (χ1n) is 11.8. The summed E-state index contributed by atoms with van der Waals surface area (Å²) < 4.78 is 28.7. The van der Waals surface area contributed by atoms with E-state index in [9.17, 15) is 19.2 Å². The van der Waals surface area contributed by atoms with Crippen LogP contribution in [-0.4, -0.2) is 48.8 Å². The zero-order chi connectivity index (χ0) is 28.0. The fraction of sp³-hybridized carbons (Fsp3) is 0.407. The van der Waals surface area contributed by atoms with Gasteiger partial charge in [-0.3, -0.25) is 19.2 Å². The van der Waals surface area contributed by atoms with Crippen LogP contribution in [0.5, 0.6) is 0 Å².